The Morgan fingerprint density at radius 3 is 2.25 bits per heavy atom. The van der Waals surface area contributed by atoms with Gasteiger partial charge in [0.2, 0.25) is 0 Å². The first-order valence-electron chi connectivity index (χ1n) is 6.73. The zero-order valence-corrected chi connectivity index (χ0v) is 13.1. The average Bonchev–Trinajstić information content (AvgIpc) is 2.42. The number of hydrogen-bond donors (Lipinski definition) is 1. The van der Waals surface area contributed by atoms with Gasteiger partial charge in [0.15, 0.2) is 0 Å². The smallest absolute Gasteiger partial charge is 0.128 e. The summed E-state index contributed by atoms with van der Waals surface area (Å²) in [6.45, 7) is 6.24. The largest absolute Gasteiger partial charge is 0.457 e. The third-order valence-electron chi connectivity index (χ3n) is 3.59. The van der Waals surface area contributed by atoms with Gasteiger partial charge in [-0.15, -0.1) is 0 Å². The van der Waals surface area contributed by atoms with Crippen molar-refractivity contribution in [1.29, 1.82) is 0 Å². The predicted octanol–water partition coefficient (Wildman–Crippen LogP) is 5.03. The van der Waals surface area contributed by atoms with Crippen molar-refractivity contribution in [3.8, 4) is 11.5 Å². The zero-order valence-electron chi connectivity index (χ0n) is 12.3. The van der Waals surface area contributed by atoms with Crippen LogP contribution < -0.4 is 10.1 Å². The van der Waals surface area contributed by atoms with Crippen molar-refractivity contribution in [3.63, 3.8) is 0 Å². The zero-order chi connectivity index (χ0) is 14.7. The van der Waals surface area contributed by atoms with Gasteiger partial charge in [0.25, 0.3) is 0 Å². The first-order valence-corrected chi connectivity index (χ1v) is 7.11. The lowest BCUT2D eigenvalue weighted by molar-refractivity contribution is 0.481. The average molecular weight is 290 g/mol. The molecular formula is C17H20ClNO. The highest BCUT2D eigenvalue weighted by molar-refractivity contribution is 6.31. The van der Waals surface area contributed by atoms with Crippen LogP contribution in [-0.4, -0.2) is 7.05 Å². The lowest BCUT2D eigenvalue weighted by Crippen LogP contribution is -2.12. The van der Waals surface area contributed by atoms with Crippen molar-refractivity contribution in [2.75, 3.05) is 7.05 Å². The second-order valence-corrected chi connectivity index (χ2v) is 5.45. The SMILES string of the molecule is CNC(C)c1ccc(Oc2ccc(C)c(C)c2)cc1Cl. The molecule has 1 unspecified atom stereocenters. The van der Waals surface area contributed by atoms with E-state index in [1.807, 2.05) is 37.4 Å². The lowest BCUT2D eigenvalue weighted by Gasteiger charge is -2.14. The van der Waals surface area contributed by atoms with Gasteiger partial charge >= 0.3 is 0 Å². The van der Waals surface area contributed by atoms with Gasteiger partial charge in [-0.2, -0.15) is 0 Å². The molecule has 106 valence electrons. The maximum atomic E-state index is 6.31. The molecule has 2 aromatic rings. The van der Waals surface area contributed by atoms with Crippen LogP contribution in [0.5, 0.6) is 11.5 Å². The van der Waals surface area contributed by atoms with Gasteiger partial charge in [-0.3, -0.25) is 0 Å². The highest BCUT2D eigenvalue weighted by Crippen LogP contribution is 2.30. The van der Waals surface area contributed by atoms with Crippen LogP contribution >= 0.6 is 11.6 Å². The summed E-state index contributed by atoms with van der Waals surface area (Å²) in [5, 5.41) is 3.90. The molecule has 0 heterocycles. The van der Waals surface area contributed by atoms with Crippen molar-refractivity contribution in [3.05, 3.63) is 58.1 Å². The van der Waals surface area contributed by atoms with Gasteiger partial charge < -0.3 is 10.1 Å². The molecule has 1 atom stereocenters. The van der Waals surface area contributed by atoms with Crippen molar-refractivity contribution in [2.24, 2.45) is 0 Å². The van der Waals surface area contributed by atoms with E-state index in [9.17, 15) is 0 Å². The summed E-state index contributed by atoms with van der Waals surface area (Å²) in [4.78, 5) is 0. The minimum absolute atomic E-state index is 0.221. The van der Waals surface area contributed by atoms with Crippen LogP contribution in [0.3, 0.4) is 0 Å². The van der Waals surface area contributed by atoms with E-state index in [1.165, 1.54) is 11.1 Å². The topological polar surface area (TPSA) is 21.3 Å². The normalized spacial score (nSPS) is 12.2. The molecular weight excluding hydrogens is 270 g/mol. The molecule has 2 aromatic carbocycles. The Bertz CT molecular complexity index is 610. The monoisotopic (exact) mass is 289 g/mol. The van der Waals surface area contributed by atoms with Gasteiger partial charge in [-0.1, -0.05) is 23.7 Å². The molecule has 0 amide bonds. The molecule has 0 aliphatic carbocycles. The van der Waals surface area contributed by atoms with E-state index >= 15 is 0 Å². The second-order valence-electron chi connectivity index (χ2n) is 5.04. The molecule has 0 radical (unpaired) electrons. The van der Waals surface area contributed by atoms with Crippen LogP contribution in [0.4, 0.5) is 0 Å². The fraction of sp³-hybridized carbons (Fsp3) is 0.294. The summed E-state index contributed by atoms with van der Waals surface area (Å²) in [5.74, 6) is 1.59. The molecule has 1 N–H and O–H groups in total. The molecule has 0 spiro atoms. The Hall–Kier alpha value is -1.51. The fourth-order valence-corrected chi connectivity index (χ4v) is 2.33. The molecule has 0 saturated carbocycles. The van der Waals surface area contributed by atoms with Gasteiger partial charge in [0.05, 0.1) is 0 Å². The van der Waals surface area contributed by atoms with Crippen LogP contribution in [0.15, 0.2) is 36.4 Å². The Morgan fingerprint density at radius 2 is 1.65 bits per heavy atom. The molecule has 2 rings (SSSR count). The van der Waals surface area contributed by atoms with E-state index in [-0.39, 0.29) is 6.04 Å². The number of rotatable bonds is 4. The third-order valence-corrected chi connectivity index (χ3v) is 3.91. The molecule has 0 fully saturated rings. The van der Waals surface area contributed by atoms with Crippen molar-refractivity contribution in [2.45, 2.75) is 26.8 Å². The molecule has 0 aromatic heterocycles. The third kappa shape index (κ3) is 3.33. The minimum atomic E-state index is 0.221. The Kier molecular flexibility index (Phi) is 4.69. The lowest BCUT2D eigenvalue weighted by atomic mass is 10.1. The van der Waals surface area contributed by atoms with Crippen molar-refractivity contribution >= 4 is 11.6 Å². The highest BCUT2D eigenvalue weighted by Gasteiger charge is 2.09. The molecule has 20 heavy (non-hydrogen) atoms. The Balaban J connectivity index is 2.22. The summed E-state index contributed by atoms with van der Waals surface area (Å²) in [7, 11) is 1.92. The number of halogens is 1. The number of nitrogens with one attached hydrogen (secondary N) is 1. The van der Waals surface area contributed by atoms with Crippen LogP contribution in [-0.2, 0) is 0 Å². The number of ether oxygens (including phenoxy) is 1. The Morgan fingerprint density at radius 1 is 1.00 bits per heavy atom. The first-order chi connectivity index (χ1) is 9.51. The molecule has 2 nitrogen and oxygen atoms in total. The van der Waals surface area contributed by atoms with Crippen LogP contribution in [0, 0.1) is 13.8 Å². The number of hydrogen-bond acceptors (Lipinski definition) is 2. The van der Waals surface area contributed by atoms with Crippen molar-refractivity contribution in [1.82, 2.24) is 5.32 Å². The van der Waals surface area contributed by atoms with E-state index in [0.717, 1.165) is 17.1 Å². The quantitative estimate of drug-likeness (QED) is 0.852. The molecule has 3 heteroatoms. The van der Waals surface area contributed by atoms with E-state index in [1.54, 1.807) is 0 Å². The van der Waals surface area contributed by atoms with E-state index in [2.05, 4.69) is 32.2 Å². The van der Waals surface area contributed by atoms with Crippen LogP contribution in [0.25, 0.3) is 0 Å². The summed E-state index contributed by atoms with van der Waals surface area (Å²) >= 11 is 6.31. The maximum Gasteiger partial charge on any atom is 0.128 e. The predicted molar refractivity (Wildman–Crippen MR) is 84.9 cm³/mol. The molecule has 0 aliphatic rings. The van der Waals surface area contributed by atoms with Gasteiger partial charge in [0, 0.05) is 11.1 Å². The van der Waals surface area contributed by atoms with Crippen molar-refractivity contribution < 1.29 is 4.74 Å². The molecule has 0 saturated heterocycles. The number of aryl methyl sites for hydroxylation is 2. The summed E-state index contributed by atoms with van der Waals surface area (Å²) in [6.07, 6.45) is 0. The van der Waals surface area contributed by atoms with E-state index in [0.29, 0.717) is 5.02 Å². The molecule has 0 bridgehead atoms. The van der Waals surface area contributed by atoms with Crippen LogP contribution in [0.2, 0.25) is 5.02 Å². The standard InChI is InChI=1S/C17H20ClNO/c1-11-5-6-14(9-12(11)2)20-15-7-8-16(13(3)19-4)17(18)10-15/h5-10,13,19H,1-4H3. The maximum absolute atomic E-state index is 6.31. The van der Waals surface area contributed by atoms with Gasteiger partial charge in [-0.05, 0) is 68.8 Å². The van der Waals surface area contributed by atoms with E-state index in [4.69, 9.17) is 16.3 Å². The van der Waals surface area contributed by atoms with Crippen LogP contribution in [0.1, 0.15) is 29.7 Å². The Labute approximate surface area is 125 Å². The summed E-state index contributed by atoms with van der Waals surface area (Å²) in [5.41, 5.74) is 3.55. The summed E-state index contributed by atoms with van der Waals surface area (Å²) < 4.78 is 5.86. The molecule has 0 aliphatic heterocycles. The van der Waals surface area contributed by atoms with Gasteiger partial charge in [0.1, 0.15) is 11.5 Å². The minimum Gasteiger partial charge on any atom is -0.457 e. The fourth-order valence-electron chi connectivity index (χ4n) is 1.99. The van der Waals surface area contributed by atoms with E-state index < -0.39 is 0 Å². The second kappa shape index (κ2) is 6.29. The van der Waals surface area contributed by atoms with Gasteiger partial charge in [-0.25, -0.2) is 0 Å². The first kappa shape index (κ1) is 14.9. The summed E-state index contributed by atoms with van der Waals surface area (Å²) in [6, 6.07) is 12.1. The highest BCUT2D eigenvalue weighted by atomic mass is 35.5. The number of benzene rings is 2.